The quantitative estimate of drug-likeness (QED) is 0.265. The minimum Gasteiger partial charge on any atom is -0.378 e. The number of aryl methyl sites for hydroxylation is 2. The van der Waals surface area contributed by atoms with E-state index in [1.54, 1.807) is 0 Å². The molecule has 182 valence electrons. The normalized spacial score (nSPS) is 10.4. The monoisotopic (exact) mass is 466 g/mol. The van der Waals surface area contributed by atoms with E-state index in [0.717, 1.165) is 46.6 Å². The molecule has 1 heterocycles. The van der Waals surface area contributed by atoms with E-state index in [9.17, 15) is 0 Å². The summed E-state index contributed by atoms with van der Waals surface area (Å²) < 4.78 is 0. The summed E-state index contributed by atoms with van der Waals surface area (Å²) in [7, 11) is 4.01. The molecular weight excluding hydrogens is 428 g/mol. The summed E-state index contributed by atoms with van der Waals surface area (Å²) in [6, 6.07) is 16.4. The minimum absolute atomic E-state index is 0.527. The number of rotatable bonds is 9. The number of nitrogens with zero attached hydrogens (tertiary/aromatic N) is 3. The molecule has 3 rings (SSSR count). The molecule has 0 aliphatic carbocycles. The zero-order chi connectivity index (χ0) is 25.8. The first-order valence-corrected chi connectivity index (χ1v) is 12.0. The smallest absolute Gasteiger partial charge is 0.159 e. The van der Waals surface area contributed by atoms with E-state index in [1.165, 1.54) is 11.1 Å². The number of nitrogens with one attached hydrogen (secondary N) is 1. The maximum atomic E-state index is 8.10. The molecule has 0 aliphatic heterocycles. The Balaban J connectivity index is 0.000000303. The third-order valence-electron chi connectivity index (χ3n) is 5.46. The van der Waals surface area contributed by atoms with Crippen molar-refractivity contribution >= 4 is 11.4 Å². The molecular formula is C31H38N4. The summed E-state index contributed by atoms with van der Waals surface area (Å²) in [6.07, 6.45) is 10.2. The van der Waals surface area contributed by atoms with E-state index in [0.29, 0.717) is 12.1 Å². The Kier molecular flexibility index (Phi) is 10.8. The molecule has 0 atom stereocenters. The highest BCUT2D eigenvalue weighted by Gasteiger charge is 2.06. The van der Waals surface area contributed by atoms with Crippen LogP contribution < -0.4 is 0 Å². The van der Waals surface area contributed by atoms with Gasteiger partial charge in [0.15, 0.2) is 5.82 Å². The molecule has 2 aromatic carbocycles. The van der Waals surface area contributed by atoms with Crippen molar-refractivity contribution in [3.8, 4) is 11.4 Å². The molecule has 0 saturated heterocycles. The van der Waals surface area contributed by atoms with Crippen LogP contribution in [0.1, 0.15) is 42.5 Å². The highest BCUT2D eigenvalue weighted by molar-refractivity contribution is 6.01. The van der Waals surface area contributed by atoms with Gasteiger partial charge in [-0.2, -0.15) is 0 Å². The van der Waals surface area contributed by atoms with E-state index >= 15 is 0 Å². The standard InChI is InChI=1S/C20H23N3.C11H15N/c1-4-7-15(3)19(21)12-16-9-6-10-18(11-16)20-22-13-17(8-5-2)14-23-20;1-9-6-5-7-11(8-9)10(2)12(3)4/h4,6-7,9-11,13-14,21H,3,5,8,12H2,1-2H3;5-8H,2H2,1,3-4H3/b7-4-,21-19?;. The molecule has 0 bridgehead atoms. The predicted molar refractivity (Wildman–Crippen MR) is 151 cm³/mol. The topological polar surface area (TPSA) is 52.9 Å². The number of hydrogen-bond acceptors (Lipinski definition) is 4. The van der Waals surface area contributed by atoms with Gasteiger partial charge in [0.1, 0.15) is 0 Å². The fourth-order valence-corrected chi connectivity index (χ4v) is 3.44. The second-order valence-corrected chi connectivity index (χ2v) is 8.76. The van der Waals surface area contributed by atoms with Crippen LogP contribution in [0, 0.1) is 12.3 Å². The molecule has 0 aliphatic rings. The minimum atomic E-state index is 0.527. The lowest BCUT2D eigenvalue weighted by Gasteiger charge is -2.15. The van der Waals surface area contributed by atoms with Gasteiger partial charge in [0.2, 0.25) is 0 Å². The van der Waals surface area contributed by atoms with Crippen molar-refractivity contribution < 1.29 is 0 Å². The number of benzene rings is 2. The summed E-state index contributed by atoms with van der Waals surface area (Å²) in [5.74, 6) is 0.727. The van der Waals surface area contributed by atoms with Crippen LogP contribution in [0.3, 0.4) is 0 Å². The molecule has 0 spiro atoms. The summed E-state index contributed by atoms with van der Waals surface area (Å²) >= 11 is 0. The molecule has 1 N–H and O–H groups in total. The maximum absolute atomic E-state index is 8.10. The first-order chi connectivity index (χ1) is 16.7. The molecule has 3 aromatic rings. The third-order valence-corrected chi connectivity index (χ3v) is 5.46. The van der Waals surface area contributed by atoms with Gasteiger partial charge in [-0.15, -0.1) is 0 Å². The highest BCUT2D eigenvalue weighted by atomic mass is 15.1. The second kappa shape index (κ2) is 13.8. The van der Waals surface area contributed by atoms with E-state index in [-0.39, 0.29) is 0 Å². The number of allylic oxidation sites excluding steroid dienone is 3. The SMILES string of the molecule is C=C(/C=C\C)C(=N)Cc1cccc(-c2ncc(CCC)cn2)c1.C=C(c1cccc(C)c1)N(C)C. The van der Waals surface area contributed by atoms with Crippen LogP contribution in [-0.2, 0) is 12.8 Å². The largest absolute Gasteiger partial charge is 0.378 e. The highest BCUT2D eigenvalue weighted by Crippen LogP contribution is 2.18. The van der Waals surface area contributed by atoms with Crippen molar-refractivity contribution in [1.82, 2.24) is 14.9 Å². The van der Waals surface area contributed by atoms with Gasteiger partial charge in [-0.3, -0.25) is 0 Å². The van der Waals surface area contributed by atoms with Gasteiger partial charge < -0.3 is 10.3 Å². The van der Waals surface area contributed by atoms with Crippen molar-refractivity contribution in [2.45, 2.75) is 40.0 Å². The van der Waals surface area contributed by atoms with Crippen LogP contribution >= 0.6 is 0 Å². The zero-order valence-electron chi connectivity index (χ0n) is 21.8. The van der Waals surface area contributed by atoms with Crippen LogP contribution in [0.15, 0.2) is 91.8 Å². The van der Waals surface area contributed by atoms with Crippen molar-refractivity contribution in [2.75, 3.05) is 14.1 Å². The summed E-state index contributed by atoms with van der Waals surface area (Å²) in [5, 5.41) is 8.10. The Bertz CT molecular complexity index is 1170. The Hall–Kier alpha value is -3.79. The number of aromatic nitrogens is 2. The average Bonchev–Trinajstić information content (AvgIpc) is 2.85. The molecule has 0 unspecified atom stereocenters. The molecule has 0 radical (unpaired) electrons. The van der Waals surface area contributed by atoms with Crippen molar-refractivity contribution in [1.29, 1.82) is 5.41 Å². The lowest BCUT2D eigenvalue weighted by atomic mass is 10.0. The molecule has 0 fully saturated rings. The van der Waals surface area contributed by atoms with Crippen molar-refractivity contribution in [2.24, 2.45) is 0 Å². The lowest BCUT2D eigenvalue weighted by molar-refractivity contribution is 0.593. The van der Waals surface area contributed by atoms with E-state index < -0.39 is 0 Å². The van der Waals surface area contributed by atoms with Gasteiger partial charge in [0.25, 0.3) is 0 Å². The van der Waals surface area contributed by atoms with Crippen LogP contribution in [0.5, 0.6) is 0 Å². The fraction of sp³-hybridized carbons (Fsp3) is 0.258. The molecule has 4 nitrogen and oxygen atoms in total. The van der Waals surface area contributed by atoms with Crippen molar-refractivity contribution in [3.05, 3.63) is 114 Å². The number of hydrogen-bond donors (Lipinski definition) is 1. The van der Waals surface area contributed by atoms with E-state index in [4.69, 9.17) is 5.41 Å². The summed E-state index contributed by atoms with van der Waals surface area (Å²) in [5.41, 5.74) is 8.01. The molecule has 0 amide bonds. The Morgan fingerprint density at radius 2 is 1.69 bits per heavy atom. The first-order valence-electron chi connectivity index (χ1n) is 12.0. The Labute approximate surface area is 211 Å². The molecule has 1 aromatic heterocycles. The summed E-state index contributed by atoms with van der Waals surface area (Å²) in [6.45, 7) is 14.1. The van der Waals surface area contributed by atoms with Gasteiger partial charge in [-0.1, -0.05) is 80.6 Å². The molecule has 35 heavy (non-hydrogen) atoms. The fourth-order valence-electron chi connectivity index (χ4n) is 3.44. The van der Waals surface area contributed by atoms with Crippen molar-refractivity contribution in [3.63, 3.8) is 0 Å². The Morgan fingerprint density at radius 3 is 2.29 bits per heavy atom. The van der Waals surface area contributed by atoms with Crippen LogP contribution in [0.2, 0.25) is 0 Å². The Morgan fingerprint density at radius 1 is 1.00 bits per heavy atom. The zero-order valence-corrected chi connectivity index (χ0v) is 21.8. The third kappa shape index (κ3) is 8.82. The van der Waals surface area contributed by atoms with E-state index in [2.05, 4.69) is 61.2 Å². The summed E-state index contributed by atoms with van der Waals surface area (Å²) in [4.78, 5) is 10.9. The average molecular weight is 467 g/mol. The van der Waals surface area contributed by atoms with Gasteiger partial charge in [0.05, 0.1) is 0 Å². The predicted octanol–water partition coefficient (Wildman–Crippen LogP) is 7.32. The van der Waals surface area contributed by atoms with Crippen LogP contribution in [-0.4, -0.2) is 34.7 Å². The second-order valence-electron chi connectivity index (χ2n) is 8.76. The molecule has 0 saturated carbocycles. The van der Waals surface area contributed by atoms with Gasteiger partial charge in [-0.25, -0.2) is 9.97 Å². The van der Waals surface area contributed by atoms with Gasteiger partial charge >= 0.3 is 0 Å². The van der Waals surface area contributed by atoms with E-state index in [1.807, 2.05) is 74.7 Å². The van der Waals surface area contributed by atoms with Crippen LogP contribution in [0.25, 0.3) is 17.1 Å². The van der Waals surface area contributed by atoms with Gasteiger partial charge in [-0.05, 0) is 54.7 Å². The lowest BCUT2D eigenvalue weighted by Crippen LogP contribution is -2.08. The van der Waals surface area contributed by atoms with Crippen LogP contribution in [0.4, 0.5) is 0 Å². The molecule has 4 heteroatoms. The van der Waals surface area contributed by atoms with Gasteiger partial charge in [0, 0.05) is 49.9 Å². The maximum Gasteiger partial charge on any atom is 0.159 e. The first kappa shape index (κ1) is 27.5.